The molecule has 0 bridgehead atoms. The molecule has 0 aromatic rings. The third kappa shape index (κ3) is 15.7. The number of hydrogen-bond acceptors (Lipinski definition) is 20. The summed E-state index contributed by atoms with van der Waals surface area (Å²) >= 11 is 0. The highest BCUT2D eigenvalue weighted by Crippen LogP contribution is 2.51. The van der Waals surface area contributed by atoms with E-state index in [1.807, 2.05) is 99.3 Å². The van der Waals surface area contributed by atoms with Crippen molar-refractivity contribution in [1.29, 1.82) is 42.1 Å². The second-order valence-electron chi connectivity index (χ2n) is 30.0. The topological polar surface area (TPSA) is 340 Å². The predicted molar refractivity (Wildman–Crippen MR) is 352 cm³/mol. The van der Waals surface area contributed by atoms with Gasteiger partial charge in [-0.15, -0.1) is 0 Å². The second kappa shape index (κ2) is 27.7. The van der Waals surface area contributed by atoms with Gasteiger partial charge in [-0.25, -0.2) is 33.7 Å². The minimum Gasteiger partial charge on any atom is -0.374 e. The van der Waals surface area contributed by atoms with Crippen LogP contribution >= 0.6 is 0 Å². The molecule has 0 spiro atoms. The molecule has 0 aromatic carbocycles. The van der Waals surface area contributed by atoms with Crippen LogP contribution in [0.2, 0.25) is 0 Å². The molecule has 496 valence electrons. The third-order valence-electron chi connectivity index (χ3n) is 20.3. The van der Waals surface area contributed by atoms with E-state index in [1.165, 1.54) is 0 Å². The molecule has 4 aliphatic heterocycles. The Balaban J connectivity index is 1.34. The van der Waals surface area contributed by atoms with Gasteiger partial charge in [0.25, 0.3) is 0 Å². The van der Waals surface area contributed by atoms with Crippen LogP contribution in [0, 0.1) is 118 Å². The first kappa shape index (κ1) is 71.7. The maximum Gasteiger partial charge on any atom is 0.188 e. The summed E-state index contributed by atoms with van der Waals surface area (Å²) in [7, 11) is -19.6. The van der Waals surface area contributed by atoms with Gasteiger partial charge in [0.05, 0.1) is 45.3 Å². The molecule has 24 heteroatoms. The monoisotopic (exact) mass is 1340 g/mol. The van der Waals surface area contributed by atoms with Crippen molar-refractivity contribution in [2.45, 2.75) is 184 Å². The van der Waals surface area contributed by atoms with E-state index >= 15 is 33.7 Å². The van der Waals surface area contributed by atoms with Crippen LogP contribution in [0.3, 0.4) is 0 Å². The summed E-state index contributed by atoms with van der Waals surface area (Å²) in [5.74, 6) is -4.05. The Hall–Kier alpha value is -7.16. The summed E-state index contributed by atoms with van der Waals surface area (Å²) in [6, 6.07) is 16.4. The average molecular weight is 1340 g/mol. The van der Waals surface area contributed by atoms with Crippen molar-refractivity contribution in [2.24, 2.45) is 27.1 Å². The van der Waals surface area contributed by atoms with Crippen LogP contribution in [0.1, 0.15) is 184 Å². The van der Waals surface area contributed by atoms with E-state index in [0.29, 0.717) is 101 Å². The summed E-state index contributed by atoms with van der Waals surface area (Å²) in [6.07, 6.45) is 5.39. The highest BCUT2D eigenvalue weighted by molar-refractivity contribution is 7.96. The molecular weight excluding hydrogens is 1250 g/mol. The van der Waals surface area contributed by atoms with Crippen molar-refractivity contribution >= 4 is 39.3 Å². The summed E-state index contributed by atoms with van der Waals surface area (Å²) in [4.78, 5) is 5.19. The number of likely N-dealkylation sites (tertiary alicyclic amines) is 4. The minimum atomic E-state index is -4.89. The molecule has 0 saturated carbocycles. The molecule has 4 fully saturated rings. The average Bonchev–Trinajstić information content (AvgIpc) is 1.35. The van der Waals surface area contributed by atoms with E-state index in [2.05, 4.69) is 24.3 Å². The zero-order valence-corrected chi connectivity index (χ0v) is 58.7. The fourth-order valence-electron chi connectivity index (χ4n) is 15.6. The molecule has 0 N–H and O–H groups in total. The van der Waals surface area contributed by atoms with Crippen LogP contribution in [0.15, 0.2) is 87.0 Å². The van der Waals surface area contributed by atoms with Crippen molar-refractivity contribution in [3.63, 3.8) is 0 Å². The Morgan fingerprint density at radius 2 is 0.495 bits per heavy atom. The quantitative estimate of drug-likeness (QED) is 0.102. The molecule has 8 aliphatic rings. The smallest absolute Gasteiger partial charge is 0.188 e. The first-order chi connectivity index (χ1) is 43.6. The van der Waals surface area contributed by atoms with E-state index in [0.717, 1.165) is 51.4 Å². The van der Waals surface area contributed by atoms with Crippen molar-refractivity contribution in [1.82, 2.24) is 19.6 Å². The SMILES string of the molecule is CC1(C)CC(N2CCCC2)=C(C#N)/C(=C(/C#N)S(=O)(=O)CCC(CCS(=O)(=O)/C(C#N)=C2\CC(C)(C)CC(N3CCCC3)=C2C#N)(CCS(=O)(=O)/C(C#N)=C2\CC(C)(C)CC(N3CCCC3)=C2C#N)CCS(=O)(=O)/C(C#N)=C2\CC(C)(C)CC(N3CCCC3)=C2C#N)C1. The summed E-state index contributed by atoms with van der Waals surface area (Å²) < 4.78 is 124. The lowest BCUT2D eigenvalue weighted by Crippen LogP contribution is -2.34. The molecular formula is C69H88N12O8S4. The van der Waals surface area contributed by atoms with E-state index in [1.54, 1.807) is 0 Å². The Labute approximate surface area is 553 Å². The van der Waals surface area contributed by atoms with Crippen molar-refractivity contribution in [2.75, 3.05) is 75.4 Å². The lowest BCUT2D eigenvalue weighted by molar-refractivity contribution is 0.244. The summed E-state index contributed by atoms with van der Waals surface area (Å²) in [5, 5.41) is 87.7. The molecule has 8 rings (SSSR count). The maximum absolute atomic E-state index is 15.5. The van der Waals surface area contributed by atoms with Crippen LogP contribution in [-0.4, -0.2) is 129 Å². The Morgan fingerprint density at radius 1 is 0.323 bits per heavy atom. The van der Waals surface area contributed by atoms with Gasteiger partial charge in [0.15, 0.2) is 39.3 Å². The number of nitrogens with zero attached hydrogens (tertiary/aromatic N) is 12. The molecule has 0 aromatic heterocycles. The van der Waals surface area contributed by atoms with E-state index in [4.69, 9.17) is 0 Å². The molecule has 4 saturated heterocycles. The van der Waals surface area contributed by atoms with Gasteiger partial charge in [-0.1, -0.05) is 55.4 Å². The van der Waals surface area contributed by atoms with E-state index < -0.39 is 135 Å². The maximum atomic E-state index is 15.5. The lowest BCUT2D eigenvalue weighted by Gasteiger charge is -2.38. The highest BCUT2D eigenvalue weighted by atomic mass is 32.2. The Bertz CT molecular complexity index is 3650. The second-order valence-corrected chi connectivity index (χ2v) is 38.2. The van der Waals surface area contributed by atoms with Gasteiger partial charge in [0, 0.05) is 97.4 Å². The third-order valence-corrected chi connectivity index (χ3v) is 27.1. The van der Waals surface area contributed by atoms with Gasteiger partial charge in [-0.3, -0.25) is 0 Å². The molecule has 93 heavy (non-hydrogen) atoms. The number of hydrogen-bond donors (Lipinski definition) is 0. The minimum absolute atomic E-state index is 0.00171. The van der Waals surface area contributed by atoms with Crippen molar-refractivity contribution in [3.05, 3.63) is 87.0 Å². The van der Waals surface area contributed by atoms with Gasteiger partial charge >= 0.3 is 0 Å². The van der Waals surface area contributed by atoms with Gasteiger partial charge in [-0.05, 0) is 155 Å². The number of nitriles is 8. The summed E-state index contributed by atoms with van der Waals surface area (Å²) in [5.41, 5.74) is -2.16. The lowest BCUT2D eigenvalue weighted by atomic mass is 9.73. The molecule has 0 unspecified atom stereocenters. The van der Waals surface area contributed by atoms with Crippen LogP contribution in [0.25, 0.3) is 0 Å². The molecule has 0 amide bonds. The van der Waals surface area contributed by atoms with Gasteiger partial charge in [0.2, 0.25) is 0 Å². The molecule has 4 aliphatic carbocycles. The molecule has 20 nitrogen and oxygen atoms in total. The fourth-order valence-corrected chi connectivity index (χ4v) is 22.0. The van der Waals surface area contributed by atoms with Crippen LogP contribution in [0.5, 0.6) is 0 Å². The van der Waals surface area contributed by atoms with Crippen molar-refractivity contribution < 1.29 is 33.7 Å². The predicted octanol–water partition coefficient (Wildman–Crippen LogP) is 11.1. The van der Waals surface area contributed by atoms with Gasteiger partial charge < -0.3 is 19.6 Å². The van der Waals surface area contributed by atoms with E-state index in [9.17, 15) is 42.1 Å². The number of rotatable bonds is 20. The largest absolute Gasteiger partial charge is 0.374 e. The zero-order valence-electron chi connectivity index (χ0n) is 55.4. The Kier molecular flexibility index (Phi) is 21.3. The van der Waals surface area contributed by atoms with E-state index in [-0.39, 0.29) is 70.3 Å². The molecule has 4 heterocycles. The Morgan fingerprint density at radius 3 is 0.645 bits per heavy atom. The van der Waals surface area contributed by atoms with Gasteiger partial charge in [0.1, 0.15) is 68.2 Å². The first-order valence-electron chi connectivity index (χ1n) is 32.6. The molecule has 0 atom stereocenters. The van der Waals surface area contributed by atoms with Crippen LogP contribution < -0.4 is 0 Å². The number of sulfone groups is 4. The van der Waals surface area contributed by atoms with Crippen molar-refractivity contribution in [3.8, 4) is 48.6 Å². The highest BCUT2D eigenvalue weighted by Gasteiger charge is 2.46. The van der Waals surface area contributed by atoms with Crippen LogP contribution in [0.4, 0.5) is 0 Å². The summed E-state index contributed by atoms with van der Waals surface area (Å²) in [6.45, 7) is 20.1. The zero-order chi connectivity index (χ0) is 68.3. The van der Waals surface area contributed by atoms with Gasteiger partial charge in [-0.2, -0.15) is 42.1 Å². The first-order valence-corrected chi connectivity index (χ1v) is 39.2. The fraction of sp³-hybridized carbons (Fsp3) is 0.652. The van der Waals surface area contributed by atoms with Crippen LogP contribution in [-0.2, 0) is 39.3 Å². The molecule has 0 radical (unpaired) electrons. The normalized spacial score (nSPS) is 24.1. The standard InChI is InChI=1S/C69H88N12O8S4/c1-65(2)33-49(53(41-70)57(37-65)78-21-9-10-22-78)61(45-74)90(82,83)29-17-69(18-30-91(84,85)62(46-75)50-34-66(3,4)38-58(54(50)42-71)79-23-11-12-24-79,19-31-92(86,87)63(47-76)51-35-67(5,6)39-59(55(51)43-72)80-25-13-14-26-80)20-32-93(88,89)64(48-77)52-36-68(7,8)40-60(56(52)44-73)81-27-15-16-28-81/h9-40H2,1-8H3/b61-49-,62-50+,63-51+,64-52+. The number of allylic oxidation sites excluding steroid dienone is 16.